The zero-order valence-electron chi connectivity index (χ0n) is 11.5. The molecule has 0 aliphatic carbocycles. The van der Waals surface area contributed by atoms with E-state index in [-0.39, 0.29) is 5.56 Å². The molecule has 0 aliphatic rings. The molecule has 0 saturated carbocycles. The highest BCUT2D eigenvalue weighted by Crippen LogP contribution is 2.19. The van der Waals surface area contributed by atoms with Gasteiger partial charge in [-0.25, -0.2) is 4.68 Å². The zero-order chi connectivity index (χ0) is 13.7. The van der Waals surface area contributed by atoms with Crippen LogP contribution >= 0.6 is 15.9 Å². The summed E-state index contributed by atoms with van der Waals surface area (Å²) in [7, 11) is 0. The molecule has 0 spiro atoms. The molecule has 4 nitrogen and oxygen atoms in total. The van der Waals surface area contributed by atoms with Gasteiger partial charge in [-0.1, -0.05) is 13.8 Å². The van der Waals surface area contributed by atoms with Gasteiger partial charge in [0.05, 0.1) is 11.9 Å². The monoisotopic (exact) mass is 315 g/mol. The van der Waals surface area contributed by atoms with Gasteiger partial charge in [0.2, 0.25) is 0 Å². The Morgan fingerprint density at radius 3 is 2.61 bits per heavy atom. The quantitative estimate of drug-likeness (QED) is 0.876. The SMILES string of the molecule is CCn1ncc(NC(C)CCC(C)C)c(Br)c1=O. The molecule has 0 fully saturated rings. The van der Waals surface area contributed by atoms with Gasteiger partial charge >= 0.3 is 0 Å². The first-order valence-electron chi connectivity index (χ1n) is 6.47. The van der Waals surface area contributed by atoms with Crippen molar-refractivity contribution in [2.75, 3.05) is 5.32 Å². The van der Waals surface area contributed by atoms with Gasteiger partial charge in [0.1, 0.15) is 4.47 Å². The van der Waals surface area contributed by atoms with E-state index in [0.717, 1.165) is 12.1 Å². The summed E-state index contributed by atoms with van der Waals surface area (Å²) >= 11 is 3.34. The summed E-state index contributed by atoms with van der Waals surface area (Å²) in [6.45, 7) is 9.04. The van der Waals surface area contributed by atoms with Crippen LogP contribution in [0, 0.1) is 5.92 Å². The molecule has 102 valence electrons. The molecule has 1 rings (SSSR count). The Bertz CT molecular complexity index is 442. The second-order valence-corrected chi connectivity index (χ2v) is 5.80. The minimum absolute atomic E-state index is 0.0847. The summed E-state index contributed by atoms with van der Waals surface area (Å²) in [6, 6.07) is 0.336. The van der Waals surface area contributed by atoms with Crippen LogP contribution in [0.15, 0.2) is 15.5 Å². The molecule has 0 aliphatic heterocycles. The number of hydrogen-bond acceptors (Lipinski definition) is 3. The van der Waals surface area contributed by atoms with E-state index in [1.54, 1.807) is 6.20 Å². The van der Waals surface area contributed by atoms with Crippen LogP contribution in [0.25, 0.3) is 0 Å². The van der Waals surface area contributed by atoms with Crippen LogP contribution < -0.4 is 10.9 Å². The van der Waals surface area contributed by atoms with Gasteiger partial charge in [-0.15, -0.1) is 0 Å². The van der Waals surface area contributed by atoms with Gasteiger partial charge < -0.3 is 5.32 Å². The molecule has 1 aromatic rings. The lowest BCUT2D eigenvalue weighted by Crippen LogP contribution is -2.25. The van der Waals surface area contributed by atoms with E-state index in [1.165, 1.54) is 11.1 Å². The molecular weight excluding hydrogens is 294 g/mol. The third kappa shape index (κ3) is 4.12. The van der Waals surface area contributed by atoms with Crippen molar-refractivity contribution >= 4 is 21.6 Å². The standard InChI is InChI=1S/C13H22BrN3O/c1-5-17-13(18)12(14)11(8-15-17)16-10(4)7-6-9(2)3/h8-10,16H,5-7H2,1-4H3. The molecule has 18 heavy (non-hydrogen) atoms. The highest BCUT2D eigenvalue weighted by atomic mass is 79.9. The number of halogens is 1. The lowest BCUT2D eigenvalue weighted by atomic mass is 10.0. The second kappa shape index (κ2) is 6.92. The van der Waals surface area contributed by atoms with Gasteiger partial charge in [0.15, 0.2) is 0 Å². The van der Waals surface area contributed by atoms with Gasteiger partial charge in [0.25, 0.3) is 5.56 Å². The van der Waals surface area contributed by atoms with Crippen LogP contribution in [-0.4, -0.2) is 15.8 Å². The van der Waals surface area contributed by atoms with E-state index < -0.39 is 0 Å². The Morgan fingerprint density at radius 1 is 1.39 bits per heavy atom. The molecule has 1 unspecified atom stereocenters. The van der Waals surface area contributed by atoms with Crippen molar-refractivity contribution in [3.8, 4) is 0 Å². The first kappa shape index (κ1) is 15.2. The van der Waals surface area contributed by atoms with E-state index in [0.29, 0.717) is 23.0 Å². The molecule has 0 radical (unpaired) electrons. The number of nitrogens with one attached hydrogen (secondary N) is 1. The zero-order valence-corrected chi connectivity index (χ0v) is 13.1. The highest BCUT2D eigenvalue weighted by Gasteiger charge is 2.10. The topological polar surface area (TPSA) is 46.9 Å². The Hall–Kier alpha value is -0.840. The Kier molecular flexibility index (Phi) is 5.85. The van der Waals surface area contributed by atoms with Crippen LogP contribution in [0.3, 0.4) is 0 Å². The van der Waals surface area contributed by atoms with Gasteiger partial charge in [-0.05, 0) is 48.5 Å². The van der Waals surface area contributed by atoms with E-state index in [4.69, 9.17) is 0 Å². The van der Waals surface area contributed by atoms with Crippen LogP contribution in [0.1, 0.15) is 40.5 Å². The number of hydrogen-bond donors (Lipinski definition) is 1. The molecule has 0 aromatic carbocycles. The van der Waals surface area contributed by atoms with Crippen molar-refractivity contribution in [1.82, 2.24) is 9.78 Å². The lowest BCUT2D eigenvalue weighted by Gasteiger charge is -2.17. The predicted octanol–water partition coefficient (Wildman–Crippen LogP) is 3.26. The fourth-order valence-corrected chi connectivity index (χ4v) is 2.13. The molecule has 1 N–H and O–H groups in total. The molecule has 1 heterocycles. The number of rotatable bonds is 6. The Balaban J connectivity index is 2.73. The molecule has 0 saturated heterocycles. The first-order valence-corrected chi connectivity index (χ1v) is 7.27. The summed E-state index contributed by atoms with van der Waals surface area (Å²) in [6.07, 6.45) is 3.97. The van der Waals surface area contributed by atoms with Crippen molar-refractivity contribution in [3.63, 3.8) is 0 Å². The van der Waals surface area contributed by atoms with Crippen molar-refractivity contribution in [3.05, 3.63) is 21.0 Å². The third-order valence-corrected chi connectivity index (χ3v) is 3.63. The summed E-state index contributed by atoms with van der Waals surface area (Å²) < 4.78 is 2.00. The largest absolute Gasteiger partial charge is 0.380 e. The van der Waals surface area contributed by atoms with Crippen LogP contribution in [0.4, 0.5) is 5.69 Å². The molecular formula is C13H22BrN3O. The van der Waals surface area contributed by atoms with E-state index in [1.807, 2.05) is 6.92 Å². The molecule has 1 aromatic heterocycles. The van der Waals surface area contributed by atoms with Crippen molar-refractivity contribution < 1.29 is 0 Å². The van der Waals surface area contributed by atoms with Crippen molar-refractivity contribution in [1.29, 1.82) is 0 Å². The molecule has 0 amide bonds. The van der Waals surface area contributed by atoms with E-state index in [9.17, 15) is 4.79 Å². The summed E-state index contributed by atoms with van der Waals surface area (Å²) in [4.78, 5) is 11.9. The lowest BCUT2D eigenvalue weighted by molar-refractivity contribution is 0.527. The van der Waals surface area contributed by atoms with E-state index in [2.05, 4.69) is 47.1 Å². The normalized spacial score (nSPS) is 12.8. The molecule has 1 atom stereocenters. The Labute approximate surface area is 117 Å². The number of aryl methyl sites for hydroxylation is 1. The van der Waals surface area contributed by atoms with Crippen LogP contribution in [0.2, 0.25) is 0 Å². The van der Waals surface area contributed by atoms with Gasteiger partial charge in [-0.2, -0.15) is 5.10 Å². The fourth-order valence-electron chi connectivity index (χ4n) is 1.71. The van der Waals surface area contributed by atoms with Crippen molar-refractivity contribution in [2.24, 2.45) is 5.92 Å². The average Bonchev–Trinajstić information content (AvgIpc) is 2.33. The highest BCUT2D eigenvalue weighted by molar-refractivity contribution is 9.10. The summed E-state index contributed by atoms with van der Waals surface area (Å²) in [5.41, 5.74) is 0.694. The van der Waals surface area contributed by atoms with Crippen LogP contribution in [-0.2, 0) is 6.54 Å². The fraction of sp³-hybridized carbons (Fsp3) is 0.692. The number of anilines is 1. The number of aromatic nitrogens is 2. The molecule has 0 bridgehead atoms. The van der Waals surface area contributed by atoms with Gasteiger partial charge in [-0.3, -0.25) is 4.79 Å². The second-order valence-electron chi connectivity index (χ2n) is 5.01. The third-order valence-electron chi connectivity index (χ3n) is 2.86. The summed E-state index contributed by atoms with van der Waals surface area (Å²) in [5.74, 6) is 0.698. The van der Waals surface area contributed by atoms with E-state index >= 15 is 0 Å². The Morgan fingerprint density at radius 2 is 2.06 bits per heavy atom. The van der Waals surface area contributed by atoms with Crippen molar-refractivity contribution in [2.45, 2.75) is 53.1 Å². The number of nitrogens with zero attached hydrogens (tertiary/aromatic N) is 2. The summed E-state index contributed by atoms with van der Waals surface area (Å²) in [5, 5.41) is 7.45. The maximum Gasteiger partial charge on any atom is 0.283 e. The van der Waals surface area contributed by atoms with Crippen LogP contribution in [0.5, 0.6) is 0 Å². The van der Waals surface area contributed by atoms with Gasteiger partial charge in [0, 0.05) is 12.6 Å². The maximum absolute atomic E-state index is 11.9. The minimum Gasteiger partial charge on any atom is -0.380 e. The maximum atomic E-state index is 11.9. The molecule has 5 heteroatoms. The average molecular weight is 316 g/mol. The minimum atomic E-state index is -0.0847. The first-order chi connectivity index (χ1) is 8.45. The predicted molar refractivity (Wildman–Crippen MR) is 79.0 cm³/mol. The smallest absolute Gasteiger partial charge is 0.283 e.